The summed E-state index contributed by atoms with van der Waals surface area (Å²) in [6, 6.07) is 4.11. The van der Waals surface area contributed by atoms with Crippen molar-refractivity contribution in [2.75, 3.05) is 7.11 Å². The van der Waals surface area contributed by atoms with Crippen LogP contribution in [0.25, 0.3) is 10.9 Å². The number of aromatic nitrogens is 1. The lowest BCUT2D eigenvalue weighted by Gasteiger charge is -2.17. The molecule has 0 spiro atoms. The van der Waals surface area contributed by atoms with Crippen molar-refractivity contribution in [1.82, 2.24) is 4.98 Å². The van der Waals surface area contributed by atoms with Gasteiger partial charge in [-0.3, -0.25) is 4.79 Å². The molecule has 0 bridgehead atoms. The summed E-state index contributed by atoms with van der Waals surface area (Å²) in [5.74, 6) is -7.50. The van der Waals surface area contributed by atoms with Gasteiger partial charge in [0, 0.05) is 22.7 Å². The van der Waals surface area contributed by atoms with Gasteiger partial charge in [0.2, 0.25) is 5.78 Å². The molecule has 0 aliphatic rings. The Bertz CT molecular complexity index is 659. The third-order valence-corrected chi connectivity index (χ3v) is 2.77. The normalized spacial score (nSPS) is 12.7. The predicted octanol–water partition coefficient (Wildman–Crippen LogP) is 3.56. The van der Waals surface area contributed by atoms with Crippen LogP contribution in [0.1, 0.15) is 10.4 Å². The largest absolute Gasteiger partial charge is 0.497 e. The molecule has 0 atom stereocenters. The number of alkyl halides is 5. The first-order chi connectivity index (χ1) is 9.18. The van der Waals surface area contributed by atoms with E-state index in [4.69, 9.17) is 4.74 Å². The van der Waals surface area contributed by atoms with E-state index in [0.29, 0.717) is 0 Å². The van der Waals surface area contributed by atoms with Crippen molar-refractivity contribution in [1.29, 1.82) is 0 Å². The summed E-state index contributed by atoms with van der Waals surface area (Å²) in [5.41, 5.74) is -0.478. The van der Waals surface area contributed by atoms with E-state index in [1.165, 1.54) is 25.3 Å². The van der Waals surface area contributed by atoms with Crippen LogP contribution in [0.4, 0.5) is 22.0 Å². The van der Waals surface area contributed by atoms with Gasteiger partial charge in [0.1, 0.15) is 5.75 Å². The van der Waals surface area contributed by atoms with Gasteiger partial charge in [-0.1, -0.05) is 0 Å². The maximum Gasteiger partial charge on any atom is 0.461 e. The van der Waals surface area contributed by atoms with Crippen molar-refractivity contribution in [3.63, 3.8) is 0 Å². The molecule has 0 saturated carbocycles. The molecule has 8 heteroatoms. The van der Waals surface area contributed by atoms with Gasteiger partial charge in [-0.2, -0.15) is 22.0 Å². The molecule has 0 aliphatic carbocycles. The second-order valence-electron chi connectivity index (χ2n) is 4.02. The van der Waals surface area contributed by atoms with Gasteiger partial charge in [-0.15, -0.1) is 0 Å². The average molecular weight is 293 g/mol. The van der Waals surface area contributed by atoms with E-state index < -0.39 is 23.4 Å². The molecule has 0 amide bonds. The number of ether oxygens (including phenoxy) is 1. The molecule has 0 saturated heterocycles. The summed E-state index contributed by atoms with van der Waals surface area (Å²) in [5, 5.41) is -0.0572. The molecular weight excluding hydrogens is 285 g/mol. The van der Waals surface area contributed by atoms with Gasteiger partial charge in [0.25, 0.3) is 0 Å². The van der Waals surface area contributed by atoms with Gasteiger partial charge in [-0.25, -0.2) is 0 Å². The highest BCUT2D eigenvalue weighted by molar-refractivity contribution is 6.11. The van der Waals surface area contributed by atoms with Gasteiger partial charge >= 0.3 is 12.1 Å². The summed E-state index contributed by atoms with van der Waals surface area (Å²) in [4.78, 5) is 13.9. The third kappa shape index (κ3) is 2.10. The number of halogens is 5. The van der Waals surface area contributed by atoms with E-state index in [0.717, 1.165) is 6.20 Å². The molecule has 2 aromatic rings. The van der Waals surface area contributed by atoms with E-state index in [2.05, 4.69) is 4.98 Å². The fourth-order valence-electron chi connectivity index (χ4n) is 1.71. The van der Waals surface area contributed by atoms with Gasteiger partial charge < -0.3 is 9.72 Å². The Morgan fingerprint density at radius 3 is 2.40 bits per heavy atom. The zero-order valence-corrected chi connectivity index (χ0v) is 10.0. The van der Waals surface area contributed by atoms with E-state index in [-0.39, 0.29) is 16.7 Å². The van der Waals surface area contributed by atoms with Crippen LogP contribution in [-0.2, 0) is 0 Å². The molecule has 1 heterocycles. The first kappa shape index (κ1) is 14.3. The van der Waals surface area contributed by atoms with Gasteiger partial charge in [0.15, 0.2) is 0 Å². The molecule has 1 aromatic heterocycles. The van der Waals surface area contributed by atoms with Crippen molar-refractivity contribution in [3.05, 3.63) is 30.0 Å². The Morgan fingerprint density at radius 1 is 1.20 bits per heavy atom. The molecule has 0 radical (unpaired) electrons. The minimum absolute atomic E-state index is 0.0572. The van der Waals surface area contributed by atoms with Crippen LogP contribution < -0.4 is 4.74 Å². The average Bonchev–Trinajstić information content (AvgIpc) is 2.78. The van der Waals surface area contributed by atoms with Crippen LogP contribution >= 0.6 is 0 Å². The van der Waals surface area contributed by atoms with E-state index in [1.54, 1.807) is 0 Å². The lowest BCUT2D eigenvalue weighted by atomic mass is 10.0. The van der Waals surface area contributed by atoms with Crippen molar-refractivity contribution in [3.8, 4) is 5.75 Å². The smallest absolute Gasteiger partial charge is 0.461 e. The number of nitrogens with one attached hydrogen (secondary N) is 1. The van der Waals surface area contributed by atoms with Crippen LogP contribution in [0.3, 0.4) is 0 Å². The Morgan fingerprint density at radius 2 is 1.85 bits per heavy atom. The number of rotatable bonds is 3. The SMILES string of the molecule is COc1ccc2[nH]cc(C(=O)C(F)(F)C(F)(F)F)c2c1. The molecule has 20 heavy (non-hydrogen) atoms. The Labute approximate surface area is 109 Å². The molecule has 1 N–H and O–H groups in total. The standard InChI is InChI=1S/C12H8F5NO2/c1-20-6-2-3-9-7(4-6)8(5-18-9)10(19)11(13,14)12(15,16)17/h2-5,18H,1H3. The summed E-state index contributed by atoms with van der Waals surface area (Å²) in [7, 11) is 1.31. The van der Waals surface area contributed by atoms with Crippen molar-refractivity contribution in [2.45, 2.75) is 12.1 Å². The summed E-state index contributed by atoms with van der Waals surface area (Å²) < 4.78 is 67.6. The maximum atomic E-state index is 13.1. The number of H-pyrrole nitrogens is 1. The second kappa shape index (κ2) is 4.46. The van der Waals surface area contributed by atoms with Crippen LogP contribution in [0.15, 0.2) is 24.4 Å². The summed E-state index contributed by atoms with van der Waals surface area (Å²) in [6.45, 7) is 0. The molecular formula is C12H8F5NO2. The number of benzene rings is 1. The lowest BCUT2D eigenvalue weighted by Crippen LogP contribution is -2.44. The van der Waals surface area contributed by atoms with Crippen LogP contribution in [0, 0.1) is 0 Å². The first-order valence-corrected chi connectivity index (χ1v) is 5.33. The maximum absolute atomic E-state index is 13.1. The molecule has 3 nitrogen and oxygen atoms in total. The Kier molecular flexibility index (Phi) is 3.19. The molecule has 2 rings (SSSR count). The van der Waals surface area contributed by atoms with Gasteiger partial charge in [-0.05, 0) is 18.2 Å². The minimum Gasteiger partial charge on any atom is -0.497 e. The molecule has 0 fully saturated rings. The second-order valence-corrected chi connectivity index (χ2v) is 4.02. The number of ketones is 1. The number of aromatic amines is 1. The van der Waals surface area contributed by atoms with Crippen LogP contribution in [0.5, 0.6) is 5.75 Å². The number of hydrogen-bond donors (Lipinski definition) is 1. The number of carbonyl (C=O) groups excluding carboxylic acids is 1. The quantitative estimate of drug-likeness (QED) is 0.694. The highest BCUT2D eigenvalue weighted by Gasteiger charge is 2.63. The Hall–Kier alpha value is -2.12. The topological polar surface area (TPSA) is 42.1 Å². The highest BCUT2D eigenvalue weighted by Crippen LogP contribution is 2.39. The third-order valence-electron chi connectivity index (χ3n) is 2.77. The van der Waals surface area contributed by atoms with Crippen molar-refractivity contribution < 1.29 is 31.5 Å². The molecule has 0 unspecified atom stereocenters. The lowest BCUT2D eigenvalue weighted by molar-refractivity contribution is -0.255. The zero-order valence-electron chi connectivity index (χ0n) is 10.0. The van der Waals surface area contributed by atoms with Crippen molar-refractivity contribution in [2.24, 2.45) is 0 Å². The molecule has 0 aliphatic heterocycles. The molecule has 108 valence electrons. The van der Waals surface area contributed by atoms with Crippen molar-refractivity contribution >= 4 is 16.7 Å². The van der Waals surface area contributed by atoms with Gasteiger partial charge in [0.05, 0.1) is 7.11 Å². The number of Topliss-reactive ketones (excluding diaryl/α,β-unsaturated/α-hetero) is 1. The number of hydrogen-bond acceptors (Lipinski definition) is 2. The monoisotopic (exact) mass is 293 g/mol. The minimum atomic E-state index is -5.94. The Balaban J connectivity index is 2.56. The number of methoxy groups -OCH3 is 1. The van der Waals surface area contributed by atoms with E-state index >= 15 is 0 Å². The highest BCUT2D eigenvalue weighted by atomic mass is 19.4. The fraction of sp³-hybridized carbons (Fsp3) is 0.250. The zero-order chi connectivity index (χ0) is 15.1. The number of fused-ring (bicyclic) bond motifs is 1. The van der Waals surface area contributed by atoms with Crippen LogP contribution in [0.2, 0.25) is 0 Å². The summed E-state index contributed by atoms with van der Waals surface area (Å²) >= 11 is 0. The number of carbonyl (C=O) groups is 1. The first-order valence-electron chi connectivity index (χ1n) is 5.33. The molecule has 1 aromatic carbocycles. The van der Waals surface area contributed by atoms with E-state index in [9.17, 15) is 26.7 Å². The fourth-order valence-corrected chi connectivity index (χ4v) is 1.71. The predicted molar refractivity (Wildman–Crippen MR) is 60.2 cm³/mol. The summed E-state index contributed by atoms with van der Waals surface area (Å²) in [6.07, 6.45) is -5.11. The van der Waals surface area contributed by atoms with Crippen LogP contribution in [-0.4, -0.2) is 30.0 Å². The van der Waals surface area contributed by atoms with E-state index in [1.807, 2.05) is 0 Å².